The Labute approximate surface area is 99.1 Å². The van der Waals surface area contributed by atoms with Gasteiger partial charge in [-0.3, -0.25) is 4.98 Å². The van der Waals surface area contributed by atoms with E-state index in [1.165, 1.54) is 0 Å². The van der Waals surface area contributed by atoms with E-state index < -0.39 is 0 Å². The third-order valence-electron chi connectivity index (χ3n) is 3.33. The normalized spacial score (nSPS) is 17.8. The Kier molecular flexibility index (Phi) is 2.22. The van der Waals surface area contributed by atoms with Crippen molar-refractivity contribution in [3.8, 4) is 11.6 Å². The summed E-state index contributed by atoms with van der Waals surface area (Å²) in [6.45, 7) is 1.97. The minimum absolute atomic E-state index is 0.384. The molecule has 3 rings (SSSR count). The van der Waals surface area contributed by atoms with Crippen LogP contribution in [0.15, 0.2) is 22.9 Å². The molecule has 0 unspecified atom stereocenters. The van der Waals surface area contributed by atoms with Crippen LogP contribution in [-0.2, 0) is 5.54 Å². The van der Waals surface area contributed by atoms with Gasteiger partial charge in [0.1, 0.15) is 5.69 Å². The molecule has 2 aromatic rings. The van der Waals surface area contributed by atoms with Crippen molar-refractivity contribution in [1.82, 2.24) is 15.1 Å². The third kappa shape index (κ3) is 1.63. The Morgan fingerprint density at radius 3 is 2.88 bits per heavy atom. The maximum Gasteiger partial charge on any atom is 0.276 e. The summed E-state index contributed by atoms with van der Waals surface area (Å²) < 4.78 is 5.25. The molecule has 0 radical (unpaired) electrons. The number of rotatable bonds is 2. The highest BCUT2D eigenvalue weighted by molar-refractivity contribution is 5.51. The lowest BCUT2D eigenvalue weighted by Crippen LogP contribution is -2.44. The van der Waals surface area contributed by atoms with Crippen molar-refractivity contribution in [2.45, 2.75) is 31.7 Å². The van der Waals surface area contributed by atoms with E-state index in [0.29, 0.717) is 11.7 Å². The van der Waals surface area contributed by atoms with Gasteiger partial charge in [0.2, 0.25) is 0 Å². The molecule has 1 fully saturated rings. The lowest BCUT2D eigenvalue weighted by Gasteiger charge is -2.34. The smallest absolute Gasteiger partial charge is 0.276 e. The molecule has 0 aromatic carbocycles. The first kappa shape index (κ1) is 10.4. The summed E-state index contributed by atoms with van der Waals surface area (Å²) in [4.78, 5) is 8.62. The van der Waals surface area contributed by atoms with Gasteiger partial charge in [-0.15, -0.1) is 0 Å². The third-order valence-corrected chi connectivity index (χ3v) is 3.33. The maximum atomic E-state index is 6.15. The van der Waals surface area contributed by atoms with Gasteiger partial charge in [-0.25, -0.2) is 0 Å². The molecule has 5 nitrogen and oxygen atoms in total. The molecule has 1 aliphatic carbocycles. The molecule has 1 saturated carbocycles. The molecule has 17 heavy (non-hydrogen) atoms. The molecule has 0 spiro atoms. The highest BCUT2D eigenvalue weighted by Gasteiger charge is 2.39. The molecule has 0 saturated heterocycles. The number of nitrogens with zero attached hydrogens (tertiary/aromatic N) is 3. The Balaban J connectivity index is 1.98. The summed E-state index contributed by atoms with van der Waals surface area (Å²) >= 11 is 0. The van der Waals surface area contributed by atoms with Crippen LogP contribution >= 0.6 is 0 Å². The van der Waals surface area contributed by atoms with Crippen molar-refractivity contribution in [2.75, 3.05) is 0 Å². The van der Waals surface area contributed by atoms with Crippen LogP contribution in [0.1, 0.15) is 30.7 Å². The van der Waals surface area contributed by atoms with Crippen LogP contribution in [0.2, 0.25) is 0 Å². The quantitative estimate of drug-likeness (QED) is 0.850. The number of pyridine rings is 1. The van der Waals surface area contributed by atoms with Crippen LogP contribution in [0, 0.1) is 6.92 Å². The van der Waals surface area contributed by atoms with Gasteiger partial charge >= 0.3 is 0 Å². The van der Waals surface area contributed by atoms with Crippen LogP contribution in [0.25, 0.3) is 11.6 Å². The molecule has 0 aliphatic heterocycles. The van der Waals surface area contributed by atoms with Crippen LogP contribution in [-0.4, -0.2) is 15.1 Å². The van der Waals surface area contributed by atoms with Crippen LogP contribution < -0.4 is 5.73 Å². The SMILES string of the molecule is Cc1cccnc1-c1nc(C2(N)CCC2)no1. The van der Waals surface area contributed by atoms with E-state index >= 15 is 0 Å². The first-order chi connectivity index (χ1) is 8.19. The summed E-state index contributed by atoms with van der Waals surface area (Å²) in [6.07, 6.45) is 4.69. The highest BCUT2D eigenvalue weighted by Crippen LogP contribution is 2.37. The van der Waals surface area contributed by atoms with Gasteiger partial charge in [-0.1, -0.05) is 11.2 Å². The average Bonchev–Trinajstić information content (AvgIpc) is 2.76. The van der Waals surface area contributed by atoms with Crippen molar-refractivity contribution >= 4 is 0 Å². The molecule has 5 heteroatoms. The molecule has 2 N–H and O–H groups in total. The Morgan fingerprint density at radius 1 is 1.41 bits per heavy atom. The van der Waals surface area contributed by atoms with E-state index in [4.69, 9.17) is 10.3 Å². The monoisotopic (exact) mass is 230 g/mol. The van der Waals surface area contributed by atoms with E-state index in [9.17, 15) is 0 Å². The first-order valence-electron chi connectivity index (χ1n) is 5.74. The predicted octanol–water partition coefficient (Wildman–Crippen LogP) is 1.78. The summed E-state index contributed by atoms with van der Waals surface area (Å²) in [5, 5.41) is 3.98. The zero-order chi connectivity index (χ0) is 11.9. The molecule has 0 amide bonds. The van der Waals surface area contributed by atoms with E-state index in [2.05, 4.69) is 15.1 Å². The van der Waals surface area contributed by atoms with Crippen molar-refractivity contribution < 1.29 is 4.52 Å². The molecule has 0 bridgehead atoms. The van der Waals surface area contributed by atoms with Crippen LogP contribution in [0.5, 0.6) is 0 Å². The van der Waals surface area contributed by atoms with E-state index in [0.717, 1.165) is 30.5 Å². The largest absolute Gasteiger partial charge is 0.332 e. The Morgan fingerprint density at radius 2 is 2.24 bits per heavy atom. The van der Waals surface area contributed by atoms with Crippen molar-refractivity contribution in [3.05, 3.63) is 29.7 Å². The van der Waals surface area contributed by atoms with Gasteiger partial charge in [0.05, 0.1) is 5.54 Å². The predicted molar refractivity (Wildman–Crippen MR) is 62.0 cm³/mol. The molecular weight excluding hydrogens is 216 g/mol. The summed E-state index contributed by atoms with van der Waals surface area (Å²) in [6, 6.07) is 3.85. The minimum Gasteiger partial charge on any atom is -0.332 e. The van der Waals surface area contributed by atoms with Crippen molar-refractivity contribution in [2.24, 2.45) is 5.73 Å². The zero-order valence-electron chi connectivity index (χ0n) is 9.68. The number of aryl methyl sites for hydroxylation is 1. The van der Waals surface area contributed by atoms with Gasteiger partial charge < -0.3 is 10.3 Å². The number of hydrogen-bond acceptors (Lipinski definition) is 5. The van der Waals surface area contributed by atoms with Crippen LogP contribution in [0.3, 0.4) is 0 Å². The summed E-state index contributed by atoms with van der Waals surface area (Å²) in [5.41, 5.74) is 7.51. The first-order valence-corrected chi connectivity index (χ1v) is 5.74. The number of nitrogens with two attached hydrogens (primary N) is 1. The molecule has 0 atom stereocenters. The lowest BCUT2D eigenvalue weighted by atomic mass is 9.77. The van der Waals surface area contributed by atoms with Gasteiger partial charge in [-0.2, -0.15) is 4.98 Å². The van der Waals surface area contributed by atoms with Crippen molar-refractivity contribution in [1.29, 1.82) is 0 Å². The molecular formula is C12H14N4O. The fourth-order valence-corrected chi connectivity index (χ4v) is 2.01. The van der Waals surface area contributed by atoms with Gasteiger partial charge in [0.25, 0.3) is 5.89 Å². The van der Waals surface area contributed by atoms with Gasteiger partial charge in [0, 0.05) is 6.20 Å². The van der Waals surface area contributed by atoms with Crippen LogP contribution in [0.4, 0.5) is 0 Å². The Bertz CT molecular complexity index is 545. The second-order valence-electron chi connectivity index (χ2n) is 4.60. The lowest BCUT2D eigenvalue weighted by molar-refractivity contribution is 0.229. The second-order valence-corrected chi connectivity index (χ2v) is 4.60. The molecule has 88 valence electrons. The minimum atomic E-state index is -0.384. The summed E-state index contributed by atoms with van der Waals surface area (Å²) in [5.74, 6) is 1.05. The fourth-order valence-electron chi connectivity index (χ4n) is 2.01. The standard InChI is InChI=1S/C12H14N4O/c1-8-4-2-7-14-9(8)10-15-11(16-17-10)12(13)5-3-6-12/h2,4,7H,3,5-6,13H2,1H3. The van der Waals surface area contributed by atoms with E-state index in [-0.39, 0.29) is 5.54 Å². The number of hydrogen-bond donors (Lipinski definition) is 1. The topological polar surface area (TPSA) is 77.8 Å². The van der Waals surface area contributed by atoms with E-state index in [1.54, 1.807) is 6.20 Å². The fraction of sp³-hybridized carbons (Fsp3) is 0.417. The molecule has 1 aliphatic rings. The maximum absolute atomic E-state index is 6.15. The Hall–Kier alpha value is -1.75. The van der Waals surface area contributed by atoms with Gasteiger partial charge in [0.15, 0.2) is 5.82 Å². The van der Waals surface area contributed by atoms with Crippen molar-refractivity contribution in [3.63, 3.8) is 0 Å². The zero-order valence-corrected chi connectivity index (χ0v) is 9.68. The van der Waals surface area contributed by atoms with E-state index in [1.807, 2.05) is 19.1 Å². The number of aromatic nitrogens is 3. The van der Waals surface area contributed by atoms with Gasteiger partial charge in [-0.05, 0) is 37.8 Å². The second kappa shape index (κ2) is 3.63. The average molecular weight is 230 g/mol. The molecule has 2 aromatic heterocycles. The molecule has 2 heterocycles. The highest BCUT2D eigenvalue weighted by atomic mass is 16.5. The summed E-state index contributed by atoms with van der Waals surface area (Å²) in [7, 11) is 0.